The van der Waals surface area contributed by atoms with Crippen LogP contribution in [-0.2, 0) is 9.36 Å². The van der Waals surface area contributed by atoms with Gasteiger partial charge in [0, 0.05) is 28.9 Å². The van der Waals surface area contributed by atoms with Crippen LogP contribution in [0.5, 0.6) is 0 Å². The highest BCUT2D eigenvalue weighted by Crippen LogP contribution is 2.47. The maximum absolute atomic E-state index is 13.0. The van der Waals surface area contributed by atoms with Gasteiger partial charge in [0.15, 0.2) is 0 Å². The third-order valence-electron chi connectivity index (χ3n) is 4.09. The monoisotopic (exact) mass is 372 g/mol. The number of benzene rings is 2. The molecule has 134 valence electrons. The Balaban J connectivity index is 2.47. The van der Waals surface area contributed by atoms with Crippen LogP contribution in [0.15, 0.2) is 52.7 Å². The largest absolute Gasteiger partial charge is 0.478 e. The van der Waals surface area contributed by atoms with Crippen molar-refractivity contribution in [1.29, 1.82) is 0 Å². The molecule has 1 unspecified atom stereocenters. The molecule has 0 radical (unpaired) electrons. The molecule has 3 rings (SSSR count). The first-order chi connectivity index (χ1) is 12.2. The molecule has 6 nitrogen and oxygen atoms in total. The number of carbonyl (C=O) groups is 1. The molecule has 1 aromatic rings. The van der Waals surface area contributed by atoms with E-state index in [0.29, 0.717) is 28.4 Å². The van der Waals surface area contributed by atoms with Gasteiger partial charge in [0.05, 0.1) is 11.4 Å². The molecule has 0 spiro atoms. The summed E-state index contributed by atoms with van der Waals surface area (Å²) >= 11 is 0. The van der Waals surface area contributed by atoms with Crippen LogP contribution in [0.2, 0.25) is 0 Å². The normalized spacial score (nSPS) is 14.0. The summed E-state index contributed by atoms with van der Waals surface area (Å²) in [6.07, 6.45) is 0.699. The van der Waals surface area contributed by atoms with E-state index in [4.69, 9.17) is 9.52 Å². The molecule has 1 atom stereocenters. The number of rotatable bonds is 3. The predicted molar refractivity (Wildman–Crippen MR) is 101 cm³/mol. The highest BCUT2D eigenvalue weighted by Gasteiger charge is 2.28. The van der Waals surface area contributed by atoms with E-state index in [1.54, 1.807) is 24.3 Å². The van der Waals surface area contributed by atoms with Crippen LogP contribution in [0, 0.1) is 6.92 Å². The zero-order chi connectivity index (χ0) is 19.1. The summed E-state index contributed by atoms with van der Waals surface area (Å²) in [6.45, 7) is 1.90. The lowest BCUT2D eigenvalue weighted by Crippen LogP contribution is -2.22. The van der Waals surface area contributed by atoms with Crippen molar-refractivity contribution >= 4 is 29.6 Å². The average Bonchev–Trinajstić information content (AvgIpc) is 2.57. The molecule has 0 amide bonds. The van der Waals surface area contributed by atoms with Crippen molar-refractivity contribution in [3.63, 3.8) is 0 Å². The smallest absolute Gasteiger partial charge is 0.328 e. The van der Waals surface area contributed by atoms with Crippen LogP contribution in [0.1, 0.15) is 5.56 Å². The fourth-order valence-electron chi connectivity index (χ4n) is 2.83. The molecule has 2 aliphatic rings. The zero-order valence-electron chi connectivity index (χ0n) is 14.6. The van der Waals surface area contributed by atoms with Gasteiger partial charge in [-0.05, 0) is 24.6 Å². The van der Waals surface area contributed by atoms with Gasteiger partial charge in [0.2, 0.25) is 5.36 Å². The van der Waals surface area contributed by atoms with Crippen molar-refractivity contribution in [3.05, 3.63) is 59.2 Å². The van der Waals surface area contributed by atoms with Crippen molar-refractivity contribution in [2.45, 2.75) is 6.92 Å². The Morgan fingerprint density at radius 1 is 1.19 bits per heavy atom. The Labute approximate surface area is 150 Å². The van der Waals surface area contributed by atoms with Crippen molar-refractivity contribution in [3.8, 4) is 11.3 Å². The number of nitrogens with zero attached hydrogens (tertiary/aromatic N) is 1. The van der Waals surface area contributed by atoms with Crippen molar-refractivity contribution in [1.82, 2.24) is 4.58 Å². The van der Waals surface area contributed by atoms with Crippen LogP contribution in [-0.4, -0.2) is 30.1 Å². The Kier molecular flexibility index (Phi) is 4.57. The molecule has 1 heterocycles. The number of carboxylic acid groups (broad SMARTS) is 1. The van der Waals surface area contributed by atoms with Gasteiger partial charge in [0.25, 0.3) is 7.37 Å². The molecular formula is C19H19NO5P+. The van der Waals surface area contributed by atoms with Crippen molar-refractivity contribution in [2.24, 2.45) is 0 Å². The predicted octanol–water partition coefficient (Wildman–Crippen LogP) is 2.37. The van der Waals surface area contributed by atoms with E-state index in [2.05, 4.69) is 0 Å². The summed E-state index contributed by atoms with van der Waals surface area (Å²) in [5.41, 5.74) is 1.90. The lowest BCUT2D eigenvalue weighted by molar-refractivity contribution is -0.131. The van der Waals surface area contributed by atoms with Gasteiger partial charge in [-0.25, -0.2) is 9.37 Å². The van der Waals surface area contributed by atoms with Crippen molar-refractivity contribution < 1.29 is 23.8 Å². The van der Waals surface area contributed by atoms with Crippen molar-refractivity contribution in [2.75, 3.05) is 14.1 Å². The van der Waals surface area contributed by atoms with E-state index in [-0.39, 0.29) is 5.30 Å². The first-order valence-electron chi connectivity index (χ1n) is 7.92. The van der Waals surface area contributed by atoms with E-state index in [1.807, 2.05) is 37.7 Å². The summed E-state index contributed by atoms with van der Waals surface area (Å²) in [4.78, 5) is 21.5. The maximum Gasteiger partial charge on any atom is 0.328 e. The van der Waals surface area contributed by atoms with E-state index in [1.165, 1.54) is 0 Å². The molecule has 0 fully saturated rings. The van der Waals surface area contributed by atoms with Gasteiger partial charge < -0.3 is 14.4 Å². The quantitative estimate of drug-likeness (QED) is 0.319. The molecule has 0 aromatic heterocycles. The second-order valence-electron chi connectivity index (χ2n) is 6.30. The lowest BCUT2D eigenvalue weighted by atomic mass is 10.1. The summed E-state index contributed by atoms with van der Waals surface area (Å²) in [5.74, 6) is 0.0324. The van der Waals surface area contributed by atoms with E-state index in [0.717, 1.165) is 16.7 Å². The summed E-state index contributed by atoms with van der Waals surface area (Å²) in [5, 5.41) is 10.4. The Morgan fingerprint density at radius 3 is 2.58 bits per heavy atom. The number of carboxylic acids is 1. The lowest BCUT2D eigenvalue weighted by Gasteiger charge is -2.17. The Hall–Kier alpha value is -2.69. The molecule has 26 heavy (non-hydrogen) atoms. The number of aliphatic carboxylic acids is 1. The Bertz CT molecular complexity index is 1140. The zero-order valence-corrected chi connectivity index (χ0v) is 15.5. The highest BCUT2D eigenvalue weighted by atomic mass is 31.2. The van der Waals surface area contributed by atoms with E-state index in [9.17, 15) is 14.3 Å². The molecule has 1 aromatic carbocycles. The van der Waals surface area contributed by atoms with E-state index >= 15 is 0 Å². The third kappa shape index (κ3) is 3.34. The molecular weight excluding hydrogens is 353 g/mol. The topological polar surface area (TPSA) is 90.8 Å². The minimum atomic E-state index is -4.08. The Morgan fingerprint density at radius 2 is 1.92 bits per heavy atom. The van der Waals surface area contributed by atoms with E-state index < -0.39 is 13.3 Å². The van der Waals surface area contributed by atoms with Crippen LogP contribution >= 0.6 is 7.37 Å². The second-order valence-corrected chi connectivity index (χ2v) is 8.29. The standard InChI is InChI=1S/C19H18NO5P/c1-12-4-6-14-16(10-12)25-17-11-13(20(2)3)5-7-15(17)19(14)26(23,24)9-8-18(21)22/h4-11H,1-3H3,(H-,21,22,23,24)/p+1/b9-8+. The average molecular weight is 372 g/mol. The number of aryl methyl sites for hydroxylation is 1. The summed E-state index contributed by atoms with van der Waals surface area (Å²) < 4.78 is 20.9. The molecule has 0 bridgehead atoms. The van der Waals surface area contributed by atoms with Gasteiger partial charge in [0.1, 0.15) is 25.4 Å². The fraction of sp³-hybridized carbons (Fsp3) is 0.158. The first-order valence-corrected chi connectivity index (χ1v) is 9.65. The molecule has 1 aliphatic heterocycles. The van der Waals surface area contributed by atoms with Gasteiger partial charge in [-0.3, -0.25) is 4.57 Å². The first kappa shape index (κ1) is 18.1. The van der Waals surface area contributed by atoms with Crippen LogP contribution < -0.4 is 15.2 Å². The van der Waals surface area contributed by atoms with Gasteiger partial charge in [-0.1, -0.05) is 12.1 Å². The summed E-state index contributed by atoms with van der Waals surface area (Å²) in [7, 11) is -0.301. The number of hydrogen-bond donors (Lipinski definition) is 2. The fourth-order valence-corrected chi connectivity index (χ4v) is 4.37. The number of fused-ring (bicyclic) bond motifs is 2. The minimum Gasteiger partial charge on any atom is -0.478 e. The number of hydrogen-bond acceptors (Lipinski definition) is 3. The SMILES string of the molecule is Cc1ccc2c(P(=O)(O)/C=C/C(=O)O)c3ccc(=[N+](C)C)cc-3oc2c1. The van der Waals surface area contributed by atoms with Gasteiger partial charge in [-0.15, -0.1) is 0 Å². The minimum absolute atomic E-state index is 0.177. The van der Waals surface area contributed by atoms with Crippen LogP contribution in [0.25, 0.3) is 22.3 Å². The molecule has 0 saturated carbocycles. The third-order valence-corrected chi connectivity index (χ3v) is 5.76. The van der Waals surface area contributed by atoms with Crippen LogP contribution in [0.3, 0.4) is 0 Å². The van der Waals surface area contributed by atoms with Gasteiger partial charge >= 0.3 is 5.97 Å². The molecule has 7 heteroatoms. The summed E-state index contributed by atoms with van der Waals surface area (Å²) in [6, 6.07) is 10.7. The maximum atomic E-state index is 13.0. The van der Waals surface area contributed by atoms with Gasteiger partial charge in [-0.2, -0.15) is 0 Å². The second kappa shape index (κ2) is 6.56. The molecule has 1 aliphatic carbocycles. The molecule has 2 N–H and O–H groups in total. The highest BCUT2D eigenvalue weighted by molar-refractivity contribution is 7.70. The molecule has 0 saturated heterocycles. The van der Waals surface area contributed by atoms with Crippen LogP contribution in [0.4, 0.5) is 0 Å².